The molecule has 2 aliphatic rings. The third kappa shape index (κ3) is 4.11. The molecule has 0 aliphatic carbocycles. The van der Waals surface area contributed by atoms with Gasteiger partial charge in [0.15, 0.2) is 0 Å². The number of nitrogens with zero attached hydrogens (tertiary/aromatic N) is 2. The molecule has 32 heavy (non-hydrogen) atoms. The quantitative estimate of drug-likeness (QED) is 0.643. The summed E-state index contributed by atoms with van der Waals surface area (Å²) in [7, 11) is 0. The maximum atomic E-state index is 12.9. The molecule has 5 nitrogen and oxygen atoms in total. The monoisotopic (exact) mass is 425 g/mol. The summed E-state index contributed by atoms with van der Waals surface area (Å²) in [5.41, 5.74) is 5.56. The molecule has 2 amide bonds. The lowest BCUT2D eigenvalue weighted by atomic mass is 10.1. The molecule has 0 aromatic heterocycles. The highest BCUT2D eigenvalue weighted by molar-refractivity contribution is 6.09. The van der Waals surface area contributed by atoms with E-state index < -0.39 is 0 Å². The first-order valence-corrected chi connectivity index (χ1v) is 11.3. The fourth-order valence-corrected chi connectivity index (χ4v) is 4.62. The summed E-state index contributed by atoms with van der Waals surface area (Å²) in [6, 6.07) is 23.5. The summed E-state index contributed by atoms with van der Waals surface area (Å²) >= 11 is 0. The molecule has 5 heteroatoms. The second-order valence-corrected chi connectivity index (χ2v) is 8.50. The van der Waals surface area contributed by atoms with Crippen LogP contribution in [-0.2, 0) is 13.0 Å². The third-order valence-corrected chi connectivity index (χ3v) is 6.37. The van der Waals surface area contributed by atoms with E-state index in [0.717, 1.165) is 45.4 Å². The van der Waals surface area contributed by atoms with Gasteiger partial charge in [-0.1, -0.05) is 42.5 Å². The van der Waals surface area contributed by atoms with Gasteiger partial charge < -0.3 is 15.1 Å². The fraction of sp³-hybridized carbons (Fsp3) is 0.259. The van der Waals surface area contributed by atoms with E-state index in [0.29, 0.717) is 16.8 Å². The van der Waals surface area contributed by atoms with Gasteiger partial charge in [0, 0.05) is 37.4 Å². The van der Waals surface area contributed by atoms with Gasteiger partial charge in [-0.05, 0) is 60.7 Å². The second-order valence-electron chi connectivity index (χ2n) is 8.50. The Balaban J connectivity index is 1.27. The van der Waals surface area contributed by atoms with E-state index in [1.807, 2.05) is 41.3 Å². The van der Waals surface area contributed by atoms with Crippen LogP contribution in [0.5, 0.6) is 0 Å². The Bertz CT molecular complexity index is 1130. The molecule has 2 heterocycles. The molecule has 0 atom stereocenters. The Morgan fingerprint density at radius 1 is 0.812 bits per heavy atom. The zero-order valence-electron chi connectivity index (χ0n) is 18.1. The minimum atomic E-state index is -0.204. The van der Waals surface area contributed by atoms with Gasteiger partial charge in [0.1, 0.15) is 0 Å². The van der Waals surface area contributed by atoms with Crippen molar-refractivity contribution in [3.8, 4) is 0 Å². The molecule has 162 valence electrons. The van der Waals surface area contributed by atoms with Crippen LogP contribution in [0.3, 0.4) is 0 Å². The largest absolute Gasteiger partial charge is 0.367 e. The Morgan fingerprint density at radius 3 is 2.34 bits per heavy atom. The minimum Gasteiger partial charge on any atom is -0.367 e. The molecule has 0 saturated carbocycles. The van der Waals surface area contributed by atoms with E-state index in [9.17, 15) is 9.59 Å². The number of amides is 2. The topological polar surface area (TPSA) is 52.7 Å². The molecular weight excluding hydrogens is 398 g/mol. The van der Waals surface area contributed by atoms with E-state index in [1.54, 1.807) is 12.1 Å². The minimum absolute atomic E-state index is 0.0142. The van der Waals surface area contributed by atoms with E-state index in [-0.39, 0.29) is 11.8 Å². The van der Waals surface area contributed by atoms with Crippen LogP contribution < -0.4 is 10.2 Å². The molecule has 3 aromatic rings. The maximum absolute atomic E-state index is 12.9. The number of carbonyl (C=O) groups is 2. The Morgan fingerprint density at radius 2 is 1.53 bits per heavy atom. The van der Waals surface area contributed by atoms with E-state index in [2.05, 4.69) is 34.5 Å². The fourth-order valence-electron chi connectivity index (χ4n) is 4.62. The van der Waals surface area contributed by atoms with Crippen LogP contribution >= 0.6 is 0 Å². The van der Waals surface area contributed by atoms with Crippen LogP contribution in [0.25, 0.3) is 0 Å². The highest BCUT2D eigenvalue weighted by Crippen LogP contribution is 2.29. The zero-order valence-corrected chi connectivity index (χ0v) is 18.1. The predicted octanol–water partition coefficient (Wildman–Crippen LogP) is 4.74. The molecular formula is C27H27N3O2. The van der Waals surface area contributed by atoms with Crippen LogP contribution in [-0.4, -0.2) is 36.3 Å². The lowest BCUT2D eigenvalue weighted by Gasteiger charge is -2.19. The van der Waals surface area contributed by atoms with Crippen molar-refractivity contribution < 1.29 is 9.59 Å². The number of hydrogen-bond donors (Lipinski definition) is 1. The van der Waals surface area contributed by atoms with Crippen molar-refractivity contribution in [2.75, 3.05) is 29.9 Å². The molecule has 2 aliphatic heterocycles. The van der Waals surface area contributed by atoms with Crippen molar-refractivity contribution in [3.63, 3.8) is 0 Å². The molecule has 3 aromatic carbocycles. The number of carbonyl (C=O) groups excluding carboxylic acids is 2. The smallest absolute Gasteiger partial charge is 0.255 e. The summed E-state index contributed by atoms with van der Waals surface area (Å²) in [6.45, 7) is 3.41. The summed E-state index contributed by atoms with van der Waals surface area (Å²) in [5.74, 6) is -0.218. The van der Waals surface area contributed by atoms with Gasteiger partial charge in [0.05, 0.1) is 11.3 Å². The van der Waals surface area contributed by atoms with Crippen molar-refractivity contribution in [1.29, 1.82) is 0 Å². The van der Waals surface area contributed by atoms with E-state index >= 15 is 0 Å². The number of anilines is 2. The van der Waals surface area contributed by atoms with Crippen molar-refractivity contribution in [3.05, 3.63) is 95.1 Å². The van der Waals surface area contributed by atoms with Crippen LogP contribution in [0.4, 0.5) is 11.4 Å². The van der Waals surface area contributed by atoms with Crippen LogP contribution in [0.1, 0.15) is 44.7 Å². The van der Waals surface area contributed by atoms with Gasteiger partial charge in [0.2, 0.25) is 0 Å². The second kappa shape index (κ2) is 8.87. The summed E-state index contributed by atoms with van der Waals surface area (Å²) < 4.78 is 0. The lowest BCUT2D eigenvalue weighted by Crippen LogP contribution is -2.28. The van der Waals surface area contributed by atoms with Crippen LogP contribution in [0, 0.1) is 0 Å². The summed E-state index contributed by atoms with van der Waals surface area (Å²) in [6.07, 6.45) is 3.15. The highest BCUT2D eigenvalue weighted by Gasteiger charge is 2.22. The number of likely N-dealkylation sites (tertiary alicyclic amines) is 1. The van der Waals surface area contributed by atoms with Gasteiger partial charge in [-0.3, -0.25) is 9.59 Å². The van der Waals surface area contributed by atoms with Crippen molar-refractivity contribution in [2.24, 2.45) is 0 Å². The molecule has 0 unspecified atom stereocenters. The number of para-hydroxylation sites is 2. The maximum Gasteiger partial charge on any atom is 0.255 e. The Hall–Kier alpha value is -3.60. The van der Waals surface area contributed by atoms with Crippen molar-refractivity contribution in [2.45, 2.75) is 25.8 Å². The summed E-state index contributed by atoms with van der Waals surface area (Å²) in [5, 5.41) is 2.94. The number of nitrogens with one attached hydrogen (secondary N) is 1. The molecule has 0 bridgehead atoms. The van der Waals surface area contributed by atoms with Crippen LogP contribution in [0.2, 0.25) is 0 Å². The van der Waals surface area contributed by atoms with Crippen molar-refractivity contribution >= 4 is 23.2 Å². The SMILES string of the molecule is O=C(Nc1ccccc1C(=O)N1CCCC1)c1ccc(CN2CCc3ccccc32)cc1. The lowest BCUT2D eigenvalue weighted by molar-refractivity contribution is 0.0794. The molecule has 1 saturated heterocycles. The molecule has 1 fully saturated rings. The Kier molecular flexibility index (Phi) is 5.63. The van der Waals surface area contributed by atoms with Crippen LogP contribution in [0.15, 0.2) is 72.8 Å². The van der Waals surface area contributed by atoms with E-state index in [1.165, 1.54) is 16.8 Å². The summed E-state index contributed by atoms with van der Waals surface area (Å²) in [4.78, 5) is 30.0. The predicted molar refractivity (Wildman–Crippen MR) is 127 cm³/mol. The van der Waals surface area contributed by atoms with Gasteiger partial charge >= 0.3 is 0 Å². The number of fused-ring (bicyclic) bond motifs is 1. The number of hydrogen-bond acceptors (Lipinski definition) is 3. The Labute approximate surface area is 188 Å². The van der Waals surface area contributed by atoms with Gasteiger partial charge in [-0.15, -0.1) is 0 Å². The molecule has 0 spiro atoms. The van der Waals surface area contributed by atoms with Gasteiger partial charge in [-0.2, -0.15) is 0 Å². The van der Waals surface area contributed by atoms with Gasteiger partial charge in [0.25, 0.3) is 11.8 Å². The zero-order chi connectivity index (χ0) is 21.9. The molecule has 0 radical (unpaired) electrons. The first kappa shape index (κ1) is 20.3. The highest BCUT2D eigenvalue weighted by atomic mass is 16.2. The average molecular weight is 426 g/mol. The average Bonchev–Trinajstić information content (AvgIpc) is 3.50. The molecule has 1 N–H and O–H groups in total. The normalized spacial score (nSPS) is 15.0. The van der Waals surface area contributed by atoms with Gasteiger partial charge in [-0.25, -0.2) is 0 Å². The van der Waals surface area contributed by atoms with E-state index in [4.69, 9.17) is 0 Å². The number of rotatable bonds is 5. The first-order chi connectivity index (χ1) is 15.7. The third-order valence-electron chi connectivity index (χ3n) is 6.37. The molecule has 5 rings (SSSR count). The standard InChI is InChI=1S/C27H27N3O2/c31-26(28-24-9-3-2-8-23(24)27(32)29-16-5-6-17-29)22-13-11-20(12-14-22)19-30-18-15-21-7-1-4-10-25(21)30/h1-4,7-14H,5-6,15-19H2,(H,28,31). The first-order valence-electron chi connectivity index (χ1n) is 11.3. The number of benzene rings is 3. The van der Waals surface area contributed by atoms with Crippen molar-refractivity contribution in [1.82, 2.24) is 4.90 Å².